The van der Waals surface area contributed by atoms with Gasteiger partial charge in [0.2, 0.25) is 11.8 Å². The van der Waals surface area contributed by atoms with E-state index in [0.29, 0.717) is 70.9 Å². The highest BCUT2D eigenvalue weighted by Crippen LogP contribution is 2.40. The van der Waals surface area contributed by atoms with Gasteiger partial charge in [-0.2, -0.15) is 0 Å². The summed E-state index contributed by atoms with van der Waals surface area (Å²) in [6.07, 6.45) is 4.03. The van der Waals surface area contributed by atoms with Gasteiger partial charge in [0, 0.05) is 50.4 Å². The van der Waals surface area contributed by atoms with Gasteiger partial charge in [-0.3, -0.25) is 25.2 Å². The molecule has 3 amide bonds. The van der Waals surface area contributed by atoms with Crippen LogP contribution in [0.25, 0.3) is 0 Å². The summed E-state index contributed by atoms with van der Waals surface area (Å²) in [6.45, 7) is 4.76. The van der Waals surface area contributed by atoms with Gasteiger partial charge in [-0.25, -0.2) is 0 Å². The third-order valence-corrected chi connectivity index (χ3v) is 9.16. The number of likely N-dealkylation sites (tertiary alicyclic amines) is 1. The molecule has 1 saturated carbocycles. The molecule has 3 unspecified atom stereocenters. The van der Waals surface area contributed by atoms with E-state index in [1.54, 1.807) is 9.80 Å². The molecule has 1 spiro atoms. The van der Waals surface area contributed by atoms with Crippen LogP contribution in [0.2, 0.25) is 0 Å². The van der Waals surface area contributed by atoms with Crippen LogP contribution in [0.1, 0.15) is 32.1 Å². The second-order valence-electron chi connectivity index (χ2n) is 11.2. The first kappa shape index (κ1) is 24.6. The molecule has 2 N–H and O–H groups in total. The zero-order valence-electron chi connectivity index (χ0n) is 21.4. The summed E-state index contributed by atoms with van der Waals surface area (Å²) in [4.78, 5) is 48.1. The number of para-hydroxylation sites is 1. The predicted molar refractivity (Wildman–Crippen MR) is 137 cm³/mol. The lowest BCUT2D eigenvalue weighted by Gasteiger charge is -2.44. The number of amides is 3. The molecule has 0 radical (unpaired) electrons. The fourth-order valence-corrected chi connectivity index (χ4v) is 6.98. The molecule has 37 heavy (non-hydrogen) atoms. The molecule has 6 rings (SSSR count). The van der Waals surface area contributed by atoms with E-state index >= 15 is 0 Å². The van der Waals surface area contributed by atoms with Gasteiger partial charge < -0.3 is 24.3 Å². The number of carbonyl (C=O) groups excluding carboxylic acids is 3. The maximum atomic E-state index is 14.0. The summed E-state index contributed by atoms with van der Waals surface area (Å²) in [6, 6.07) is 10.5. The van der Waals surface area contributed by atoms with Crippen LogP contribution in [0, 0.1) is 11.8 Å². The number of nitrogens with zero attached hydrogens (tertiary/aromatic N) is 4. The molecule has 1 aromatic rings. The number of ether oxygens (including phenoxy) is 1. The van der Waals surface area contributed by atoms with Gasteiger partial charge in [0.25, 0.3) is 5.91 Å². The van der Waals surface area contributed by atoms with Crippen molar-refractivity contribution in [3.63, 3.8) is 0 Å². The first-order valence-corrected chi connectivity index (χ1v) is 13.8. The largest absolute Gasteiger partial charge is 0.378 e. The molecule has 4 saturated heterocycles. The molecular formula is C27H38N6O4. The maximum Gasteiger partial charge on any atom is 0.250 e. The standard InChI is InChI=1S/C27H38N6O4/c34-24(30-12-14-37-15-13-30)18-32-19-33(22-4-2-1-3-5-22)27(26(32)36)8-10-31(11-9-27)25(35)20-6-7-23-21(16-20)17-28-29-23/h1-5,20-21,23,28-29H,6-19H2. The second-order valence-corrected chi connectivity index (χ2v) is 11.2. The van der Waals surface area contributed by atoms with Gasteiger partial charge >= 0.3 is 0 Å². The molecule has 200 valence electrons. The lowest BCUT2D eigenvalue weighted by molar-refractivity contribution is -0.144. The lowest BCUT2D eigenvalue weighted by atomic mass is 9.77. The monoisotopic (exact) mass is 510 g/mol. The Morgan fingerprint density at radius 2 is 1.76 bits per heavy atom. The summed E-state index contributed by atoms with van der Waals surface area (Å²) in [7, 11) is 0. The van der Waals surface area contributed by atoms with Crippen LogP contribution < -0.4 is 15.8 Å². The molecule has 4 heterocycles. The Morgan fingerprint density at radius 1 is 1.00 bits per heavy atom. The Labute approximate surface area is 218 Å². The molecule has 1 aromatic carbocycles. The molecule has 3 atom stereocenters. The molecule has 10 heteroatoms. The minimum absolute atomic E-state index is 0.00803. The van der Waals surface area contributed by atoms with Crippen molar-refractivity contribution in [1.82, 2.24) is 25.6 Å². The van der Waals surface area contributed by atoms with E-state index < -0.39 is 5.54 Å². The maximum absolute atomic E-state index is 14.0. The van der Waals surface area contributed by atoms with Crippen LogP contribution in [-0.4, -0.2) is 103 Å². The average molecular weight is 511 g/mol. The van der Waals surface area contributed by atoms with Crippen LogP contribution in [0.4, 0.5) is 5.69 Å². The normalized spacial score (nSPS) is 29.6. The number of piperidine rings is 1. The zero-order valence-corrected chi connectivity index (χ0v) is 21.4. The number of hydrogen-bond donors (Lipinski definition) is 2. The third-order valence-electron chi connectivity index (χ3n) is 9.16. The van der Waals surface area contributed by atoms with Gasteiger partial charge in [0.15, 0.2) is 0 Å². The van der Waals surface area contributed by atoms with Crippen molar-refractivity contribution in [1.29, 1.82) is 0 Å². The molecule has 0 aromatic heterocycles. The first-order chi connectivity index (χ1) is 18.0. The predicted octanol–water partition coefficient (Wildman–Crippen LogP) is 0.405. The van der Waals surface area contributed by atoms with Crippen LogP contribution >= 0.6 is 0 Å². The van der Waals surface area contributed by atoms with Crippen LogP contribution in [0.5, 0.6) is 0 Å². The number of benzene rings is 1. The van der Waals surface area contributed by atoms with Crippen molar-refractivity contribution in [2.24, 2.45) is 11.8 Å². The molecular weight excluding hydrogens is 472 g/mol. The highest BCUT2D eigenvalue weighted by molar-refractivity contribution is 5.96. The fraction of sp³-hybridized carbons (Fsp3) is 0.667. The quantitative estimate of drug-likeness (QED) is 0.606. The van der Waals surface area contributed by atoms with Crippen molar-refractivity contribution < 1.29 is 19.1 Å². The highest BCUT2D eigenvalue weighted by atomic mass is 16.5. The number of anilines is 1. The molecule has 1 aliphatic carbocycles. The first-order valence-electron chi connectivity index (χ1n) is 13.8. The van der Waals surface area contributed by atoms with Gasteiger partial charge in [0.05, 0.1) is 19.9 Å². The summed E-state index contributed by atoms with van der Waals surface area (Å²) < 4.78 is 5.38. The Kier molecular flexibility index (Phi) is 6.81. The Bertz CT molecular complexity index is 1010. The van der Waals surface area contributed by atoms with Crippen LogP contribution in [0.15, 0.2) is 30.3 Å². The summed E-state index contributed by atoms with van der Waals surface area (Å²) in [5.41, 5.74) is 6.84. The number of hydrogen-bond acceptors (Lipinski definition) is 7. The lowest BCUT2D eigenvalue weighted by Crippen LogP contribution is -2.58. The van der Waals surface area contributed by atoms with Crippen molar-refractivity contribution in [3.05, 3.63) is 30.3 Å². The number of hydrazine groups is 1. The van der Waals surface area contributed by atoms with E-state index in [9.17, 15) is 14.4 Å². The fourth-order valence-electron chi connectivity index (χ4n) is 6.98. The van der Waals surface area contributed by atoms with E-state index in [1.807, 2.05) is 35.2 Å². The van der Waals surface area contributed by atoms with E-state index in [4.69, 9.17) is 4.74 Å². The van der Waals surface area contributed by atoms with Crippen molar-refractivity contribution in [3.8, 4) is 0 Å². The van der Waals surface area contributed by atoms with Gasteiger partial charge in [-0.1, -0.05) is 18.2 Å². The third kappa shape index (κ3) is 4.59. The number of nitrogens with one attached hydrogen (secondary N) is 2. The molecule has 10 nitrogen and oxygen atoms in total. The SMILES string of the molecule is O=C(CN1CN(c2ccccc2)C2(CCN(C(=O)C3CCC4NNCC4C3)CC2)C1=O)N1CCOCC1. The van der Waals surface area contributed by atoms with E-state index in [0.717, 1.165) is 31.5 Å². The Morgan fingerprint density at radius 3 is 2.51 bits per heavy atom. The van der Waals surface area contributed by atoms with Crippen LogP contribution in [-0.2, 0) is 19.1 Å². The second kappa shape index (κ2) is 10.2. The van der Waals surface area contributed by atoms with Gasteiger partial charge in [-0.15, -0.1) is 0 Å². The number of morpholine rings is 1. The molecule has 5 fully saturated rings. The Hall–Kier alpha value is -2.69. The molecule has 0 bridgehead atoms. The Balaban J connectivity index is 1.16. The van der Waals surface area contributed by atoms with E-state index in [2.05, 4.69) is 15.8 Å². The van der Waals surface area contributed by atoms with E-state index in [1.165, 1.54) is 0 Å². The van der Waals surface area contributed by atoms with Crippen LogP contribution in [0.3, 0.4) is 0 Å². The van der Waals surface area contributed by atoms with Crippen molar-refractivity contribution >= 4 is 23.4 Å². The van der Waals surface area contributed by atoms with Crippen molar-refractivity contribution in [2.75, 3.05) is 64.1 Å². The van der Waals surface area contributed by atoms with Crippen molar-refractivity contribution in [2.45, 2.75) is 43.7 Å². The minimum Gasteiger partial charge on any atom is -0.378 e. The smallest absolute Gasteiger partial charge is 0.250 e. The molecule has 4 aliphatic heterocycles. The number of rotatable bonds is 4. The van der Waals surface area contributed by atoms with Gasteiger partial charge in [0.1, 0.15) is 12.1 Å². The summed E-state index contributed by atoms with van der Waals surface area (Å²) >= 11 is 0. The number of carbonyl (C=O) groups is 3. The summed E-state index contributed by atoms with van der Waals surface area (Å²) in [5.74, 6) is 0.816. The zero-order chi connectivity index (χ0) is 25.4. The number of fused-ring (bicyclic) bond motifs is 1. The van der Waals surface area contributed by atoms with Gasteiger partial charge in [-0.05, 0) is 50.2 Å². The molecule has 5 aliphatic rings. The highest BCUT2D eigenvalue weighted by Gasteiger charge is 2.55. The minimum atomic E-state index is -0.722. The average Bonchev–Trinajstić information content (AvgIpc) is 3.52. The van der Waals surface area contributed by atoms with E-state index in [-0.39, 0.29) is 30.2 Å². The topological polar surface area (TPSA) is 97.5 Å². The summed E-state index contributed by atoms with van der Waals surface area (Å²) in [5, 5.41) is 0.